The van der Waals surface area contributed by atoms with Gasteiger partial charge in [-0.3, -0.25) is 4.79 Å². The van der Waals surface area contributed by atoms with Crippen LogP contribution in [-0.4, -0.2) is 29.0 Å². The highest BCUT2D eigenvalue weighted by Gasteiger charge is 2.18. The van der Waals surface area contributed by atoms with Gasteiger partial charge < -0.3 is 10.0 Å². The van der Waals surface area contributed by atoms with E-state index in [1.54, 1.807) is 0 Å². The maximum Gasteiger partial charge on any atom is 0.357 e. The number of carbonyl (C=O) groups excluding carboxylic acids is 1. The minimum absolute atomic E-state index is 0.0808. The fraction of sp³-hybridized carbons (Fsp3) is 0.286. The van der Waals surface area contributed by atoms with Crippen LogP contribution in [0.2, 0.25) is 0 Å². The number of carboxylic acid groups (broad SMARTS) is 1. The summed E-state index contributed by atoms with van der Waals surface area (Å²) in [7, 11) is 1.52. The van der Waals surface area contributed by atoms with Gasteiger partial charge in [-0.05, 0) is 0 Å². The summed E-state index contributed by atoms with van der Waals surface area (Å²) in [5.74, 6) is -1.34. The van der Waals surface area contributed by atoms with Gasteiger partial charge in [-0.25, -0.2) is 9.78 Å². The quantitative estimate of drug-likeness (QED) is 0.767. The first-order chi connectivity index (χ1) is 6.04. The van der Waals surface area contributed by atoms with Crippen LogP contribution in [0.3, 0.4) is 0 Å². The van der Waals surface area contributed by atoms with Gasteiger partial charge in [0.25, 0.3) is 0 Å². The second-order valence-electron chi connectivity index (χ2n) is 2.39. The van der Waals surface area contributed by atoms with Crippen LogP contribution in [0.4, 0.5) is 5.00 Å². The van der Waals surface area contributed by atoms with Crippen molar-refractivity contribution < 1.29 is 14.7 Å². The minimum atomic E-state index is -1.12. The third kappa shape index (κ3) is 1.83. The highest BCUT2D eigenvalue weighted by atomic mass is 32.1. The van der Waals surface area contributed by atoms with Gasteiger partial charge >= 0.3 is 5.97 Å². The number of hydrogen-bond acceptors (Lipinski definition) is 4. The van der Waals surface area contributed by atoms with Gasteiger partial charge in [0, 0.05) is 14.0 Å². The van der Waals surface area contributed by atoms with E-state index in [9.17, 15) is 9.59 Å². The second-order valence-corrected chi connectivity index (χ2v) is 3.22. The number of carboxylic acids is 1. The lowest BCUT2D eigenvalue weighted by Gasteiger charge is -2.11. The molecule has 5 nitrogen and oxygen atoms in total. The van der Waals surface area contributed by atoms with Crippen molar-refractivity contribution in [1.82, 2.24) is 4.98 Å². The molecule has 0 aromatic carbocycles. The van der Waals surface area contributed by atoms with E-state index in [1.807, 2.05) is 0 Å². The molecule has 0 unspecified atom stereocenters. The van der Waals surface area contributed by atoms with Crippen molar-refractivity contribution in [2.75, 3.05) is 11.9 Å². The number of aromatic carboxylic acids is 1. The molecule has 13 heavy (non-hydrogen) atoms. The van der Waals surface area contributed by atoms with Gasteiger partial charge in [0.2, 0.25) is 5.91 Å². The molecule has 0 aliphatic carbocycles. The van der Waals surface area contributed by atoms with E-state index in [0.29, 0.717) is 5.00 Å². The van der Waals surface area contributed by atoms with Crippen LogP contribution in [0.15, 0.2) is 5.51 Å². The summed E-state index contributed by atoms with van der Waals surface area (Å²) >= 11 is 1.13. The smallest absolute Gasteiger partial charge is 0.357 e. The number of anilines is 1. The first-order valence-electron chi connectivity index (χ1n) is 3.45. The topological polar surface area (TPSA) is 70.5 Å². The van der Waals surface area contributed by atoms with Crippen LogP contribution in [0.5, 0.6) is 0 Å². The van der Waals surface area contributed by atoms with E-state index < -0.39 is 5.97 Å². The fourth-order valence-electron chi connectivity index (χ4n) is 0.768. The number of nitrogens with zero attached hydrogens (tertiary/aromatic N) is 2. The van der Waals surface area contributed by atoms with Crippen molar-refractivity contribution in [1.29, 1.82) is 0 Å². The zero-order chi connectivity index (χ0) is 10.0. The molecule has 70 valence electrons. The van der Waals surface area contributed by atoms with Crippen molar-refractivity contribution in [2.24, 2.45) is 0 Å². The van der Waals surface area contributed by atoms with E-state index in [0.717, 1.165) is 11.3 Å². The maximum atomic E-state index is 10.9. The Labute approximate surface area is 78.6 Å². The lowest BCUT2D eigenvalue weighted by molar-refractivity contribution is -0.116. The van der Waals surface area contributed by atoms with Gasteiger partial charge in [-0.15, -0.1) is 11.3 Å². The molecule has 0 radical (unpaired) electrons. The summed E-state index contributed by atoms with van der Waals surface area (Å²) in [5, 5.41) is 9.05. The Morgan fingerprint density at radius 3 is 2.69 bits per heavy atom. The zero-order valence-corrected chi connectivity index (χ0v) is 7.96. The summed E-state index contributed by atoms with van der Waals surface area (Å²) in [6.07, 6.45) is 0. The molecule has 0 saturated heterocycles. The maximum absolute atomic E-state index is 10.9. The number of aromatic nitrogens is 1. The normalized spacial score (nSPS) is 9.69. The highest BCUT2D eigenvalue weighted by molar-refractivity contribution is 7.14. The van der Waals surface area contributed by atoms with E-state index in [-0.39, 0.29) is 11.6 Å². The fourth-order valence-corrected chi connectivity index (χ4v) is 1.56. The SMILES string of the molecule is CC(=O)N(C)c1scnc1C(=O)O. The minimum Gasteiger partial charge on any atom is -0.476 e. The molecule has 1 aromatic rings. The number of thiazole rings is 1. The van der Waals surface area contributed by atoms with Crippen molar-refractivity contribution in [3.05, 3.63) is 11.2 Å². The third-order valence-corrected chi connectivity index (χ3v) is 2.43. The molecule has 0 aliphatic heterocycles. The molecule has 0 aliphatic rings. The van der Waals surface area contributed by atoms with Crippen molar-refractivity contribution in [3.63, 3.8) is 0 Å². The van der Waals surface area contributed by atoms with Crippen molar-refractivity contribution >= 4 is 28.2 Å². The van der Waals surface area contributed by atoms with Crippen molar-refractivity contribution in [2.45, 2.75) is 6.92 Å². The molecule has 1 heterocycles. The van der Waals surface area contributed by atoms with Crippen LogP contribution in [0.1, 0.15) is 17.4 Å². The van der Waals surface area contributed by atoms with E-state index in [4.69, 9.17) is 5.11 Å². The predicted octanol–water partition coefficient (Wildman–Crippen LogP) is 0.824. The predicted molar refractivity (Wildman–Crippen MR) is 48.2 cm³/mol. The number of rotatable bonds is 2. The summed E-state index contributed by atoms with van der Waals surface area (Å²) in [6.45, 7) is 1.37. The Balaban J connectivity index is 3.07. The van der Waals surface area contributed by atoms with Gasteiger partial charge in [0.1, 0.15) is 5.00 Å². The third-order valence-electron chi connectivity index (χ3n) is 1.53. The number of amides is 1. The zero-order valence-electron chi connectivity index (χ0n) is 7.14. The molecule has 0 saturated carbocycles. The van der Waals surface area contributed by atoms with Gasteiger partial charge in [-0.1, -0.05) is 0 Å². The Morgan fingerprint density at radius 1 is 1.62 bits per heavy atom. The van der Waals surface area contributed by atoms with Crippen molar-refractivity contribution in [3.8, 4) is 0 Å². The molecule has 6 heteroatoms. The Kier molecular flexibility index (Phi) is 2.62. The highest BCUT2D eigenvalue weighted by Crippen LogP contribution is 2.23. The standard InChI is InChI=1S/C7H8N2O3S/c1-4(10)9(2)6-5(7(11)12)8-3-13-6/h3H,1-2H3,(H,11,12). The van der Waals surface area contributed by atoms with Gasteiger partial charge in [0.15, 0.2) is 5.69 Å². The lowest BCUT2D eigenvalue weighted by Crippen LogP contribution is -2.23. The molecule has 1 rings (SSSR count). The van der Waals surface area contributed by atoms with Crippen LogP contribution < -0.4 is 4.90 Å². The molecule has 1 N–H and O–H groups in total. The lowest BCUT2D eigenvalue weighted by atomic mass is 10.4. The van der Waals surface area contributed by atoms with E-state index in [1.165, 1.54) is 24.4 Å². The number of hydrogen-bond donors (Lipinski definition) is 1. The Bertz CT molecular complexity index is 347. The molecule has 0 bridgehead atoms. The Morgan fingerprint density at radius 2 is 2.23 bits per heavy atom. The first kappa shape index (κ1) is 9.66. The molecular formula is C7H8N2O3S. The molecule has 1 amide bonds. The molecule has 0 atom stereocenters. The number of carbonyl (C=O) groups is 2. The summed E-state index contributed by atoms with van der Waals surface area (Å²) in [6, 6.07) is 0. The molecule has 0 fully saturated rings. The Hall–Kier alpha value is -1.43. The van der Waals surface area contributed by atoms with Gasteiger partial charge in [0.05, 0.1) is 5.51 Å². The van der Waals surface area contributed by atoms with Crippen LogP contribution in [-0.2, 0) is 4.79 Å². The van der Waals surface area contributed by atoms with E-state index >= 15 is 0 Å². The molecule has 1 aromatic heterocycles. The average molecular weight is 200 g/mol. The van der Waals surface area contributed by atoms with Crippen LogP contribution in [0.25, 0.3) is 0 Å². The largest absolute Gasteiger partial charge is 0.476 e. The summed E-state index contributed by atoms with van der Waals surface area (Å²) < 4.78 is 0. The first-order valence-corrected chi connectivity index (χ1v) is 4.33. The average Bonchev–Trinajstić information content (AvgIpc) is 2.50. The summed E-state index contributed by atoms with van der Waals surface area (Å²) in [4.78, 5) is 26.5. The second kappa shape index (κ2) is 3.53. The molecular weight excluding hydrogens is 192 g/mol. The van der Waals surface area contributed by atoms with Gasteiger partial charge in [-0.2, -0.15) is 0 Å². The molecule has 0 spiro atoms. The summed E-state index contributed by atoms with van der Waals surface area (Å²) in [5.41, 5.74) is 1.32. The van der Waals surface area contributed by atoms with Crippen LogP contribution in [0, 0.1) is 0 Å². The van der Waals surface area contributed by atoms with Crippen LogP contribution >= 0.6 is 11.3 Å². The monoisotopic (exact) mass is 200 g/mol. The van der Waals surface area contributed by atoms with E-state index in [2.05, 4.69) is 4.98 Å².